The van der Waals surface area contributed by atoms with Crippen LogP contribution in [0.5, 0.6) is 0 Å². The van der Waals surface area contributed by atoms with Gasteiger partial charge in [0, 0.05) is 19.2 Å². The number of carbonyl (C=O) groups excluding carboxylic acids is 1. The molecule has 0 atom stereocenters. The summed E-state index contributed by atoms with van der Waals surface area (Å²) in [7, 11) is 1.83. The standard InChI is InChI=1S/C13H17NO/c1-3-4-8-11-14(2)13(15)12-9-6-5-7-10-12/h3,5-7,9-10H,1,4,8,11H2,2H3. The Kier molecular flexibility index (Phi) is 4.61. The van der Waals surface area contributed by atoms with Gasteiger partial charge in [-0.25, -0.2) is 0 Å². The van der Waals surface area contributed by atoms with Crippen molar-refractivity contribution in [2.45, 2.75) is 12.8 Å². The van der Waals surface area contributed by atoms with Gasteiger partial charge in [0.2, 0.25) is 0 Å². The van der Waals surface area contributed by atoms with E-state index in [-0.39, 0.29) is 5.91 Å². The van der Waals surface area contributed by atoms with E-state index in [1.165, 1.54) is 0 Å². The molecule has 1 aromatic rings. The first-order chi connectivity index (χ1) is 7.25. The lowest BCUT2D eigenvalue weighted by Crippen LogP contribution is -2.27. The van der Waals surface area contributed by atoms with Crippen molar-refractivity contribution in [3.63, 3.8) is 0 Å². The number of hydrogen-bond donors (Lipinski definition) is 0. The summed E-state index contributed by atoms with van der Waals surface area (Å²) in [6.45, 7) is 4.43. The Morgan fingerprint density at radius 2 is 2.07 bits per heavy atom. The summed E-state index contributed by atoms with van der Waals surface area (Å²) in [5, 5.41) is 0. The Bertz CT molecular complexity index is 319. The largest absolute Gasteiger partial charge is 0.342 e. The molecular formula is C13H17NO. The fourth-order valence-electron chi connectivity index (χ4n) is 1.38. The van der Waals surface area contributed by atoms with Crippen LogP contribution in [0.3, 0.4) is 0 Å². The molecule has 0 N–H and O–H groups in total. The third-order valence-electron chi connectivity index (χ3n) is 2.27. The third kappa shape index (κ3) is 3.58. The van der Waals surface area contributed by atoms with Crippen LogP contribution in [-0.4, -0.2) is 24.4 Å². The van der Waals surface area contributed by atoms with Crippen molar-refractivity contribution >= 4 is 5.91 Å². The zero-order valence-corrected chi connectivity index (χ0v) is 9.15. The van der Waals surface area contributed by atoms with Crippen LogP contribution in [0.25, 0.3) is 0 Å². The molecule has 0 unspecified atom stereocenters. The van der Waals surface area contributed by atoms with Gasteiger partial charge in [0.05, 0.1) is 0 Å². The maximum Gasteiger partial charge on any atom is 0.253 e. The first-order valence-electron chi connectivity index (χ1n) is 5.17. The van der Waals surface area contributed by atoms with Crippen LogP contribution >= 0.6 is 0 Å². The van der Waals surface area contributed by atoms with E-state index in [0.29, 0.717) is 0 Å². The second-order valence-corrected chi connectivity index (χ2v) is 3.52. The van der Waals surface area contributed by atoms with Crippen molar-refractivity contribution in [1.29, 1.82) is 0 Å². The van der Waals surface area contributed by atoms with E-state index in [0.717, 1.165) is 24.9 Å². The van der Waals surface area contributed by atoms with Crippen molar-refractivity contribution < 1.29 is 4.79 Å². The molecule has 0 fully saturated rings. The lowest BCUT2D eigenvalue weighted by atomic mass is 10.2. The highest BCUT2D eigenvalue weighted by atomic mass is 16.2. The van der Waals surface area contributed by atoms with Gasteiger partial charge >= 0.3 is 0 Å². The van der Waals surface area contributed by atoms with E-state index in [1.807, 2.05) is 43.5 Å². The molecule has 0 aliphatic rings. The maximum atomic E-state index is 11.8. The Morgan fingerprint density at radius 1 is 1.40 bits per heavy atom. The van der Waals surface area contributed by atoms with Gasteiger partial charge in [-0.3, -0.25) is 4.79 Å². The zero-order chi connectivity index (χ0) is 11.1. The molecule has 0 heterocycles. The van der Waals surface area contributed by atoms with Crippen molar-refractivity contribution in [1.82, 2.24) is 4.90 Å². The molecule has 0 aliphatic heterocycles. The molecule has 2 heteroatoms. The van der Waals surface area contributed by atoms with Gasteiger partial charge in [0.1, 0.15) is 0 Å². The van der Waals surface area contributed by atoms with Crippen molar-refractivity contribution in [3.8, 4) is 0 Å². The predicted octanol–water partition coefficient (Wildman–Crippen LogP) is 2.72. The molecule has 0 bridgehead atoms. The predicted molar refractivity (Wildman–Crippen MR) is 62.8 cm³/mol. The number of allylic oxidation sites excluding steroid dienone is 1. The average Bonchev–Trinajstić information content (AvgIpc) is 2.29. The first kappa shape index (κ1) is 11.5. The van der Waals surface area contributed by atoms with E-state index >= 15 is 0 Å². The Balaban J connectivity index is 2.50. The van der Waals surface area contributed by atoms with Gasteiger partial charge in [-0.05, 0) is 25.0 Å². The molecule has 0 saturated heterocycles. The smallest absolute Gasteiger partial charge is 0.253 e. The molecule has 1 aromatic carbocycles. The first-order valence-corrected chi connectivity index (χ1v) is 5.17. The minimum atomic E-state index is 0.0830. The fourth-order valence-corrected chi connectivity index (χ4v) is 1.38. The molecule has 0 saturated carbocycles. The Labute approximate surface area is 91.2 Å². The van der Waals surface area contributed by atoms with Gasteiger partial charge in [0.15, 0.2) is 0 Å². The van der Waals surface area contributed by atoms with Crippen LogP contribution in [0, 0.1) is 0 Å². The normalized spacial score (nSPS) is 9.67. The molecule has 80 valence electrons. The summed E-state index contributed by atoms with van der Waals surface area (Å²) in [5.41, 5.74) is 0.749. The van der Waals surface area contributed by atoms with Crippen LogP contribution in [0.2, 0.25) is 0 Å². The molecule has 1 amide bonds. The second kappa shape index (κ2) is 6.02. The Hall–Kier alpha value is -1.57. The highest BCUT2D eigenvalue weighted by Gasteiger charge is 2.09. The molecule has 0 radical (unpaired) electrons. The monoisotopic (exact) mass is 203 g/mol. The van der Waals surface area contributed by atoms with Crippen molar-refractivity contribution in [2.75, 3.05) is 13.6 Å². The van der Waals surface area contributed by atoms with Gasteiger partial charge < -0.3 is 4.90 Å². The third-order valence-corrected chi connectivity index (χ3v) is 2.27. The summed E-state index contributed by atoms with van der Waals surface area (Å²) in [6, 6.07) is 9.35. The quantitative estimate of drug-likeness (QED) is 0.532. The van der Waals surface area contributed by atoms with Gasteiger partial charge in [0.25, 0.3) is 5.91 Å². The van der Waals surface area contributed by atoms with E-state index in [1.54, 1.807) is 4.90 Å². The summed E-state index contributed by atoms with van der Waals surface area (Å²) >= 11 is 0. The lowest BCUT2D eigenvalue weighted by molar-refractivity contribution is 0.0794. The molecule has 2 nitrogen and oxygen atoms in total. The average molecular weight is 203 g/mol. The van der Waals surface area contributed by atoms with Crippen LogP contribution in [-0.2, 0) is 0 Å². The van der Waals surface area contributed by atoms with Crippen LogP contribution < -0.4 is 0 Å². The minimum Gasteiger partial charge on any atom is -0.342 e. The number of hydrogen-bond acceptors (Lipinski definition) is 1. The molecule has 0 spiro atoms. The van der Waals surface area contributed by atoms with Gasteiger partial charge in [-0.2, -0.15) is 0 Å². The molecule has 0 aromatic heterocycles. The molecule has 0 aliphatic carbocycles. The second-order valence-electron chi connectivity index (χ2n) is 3.52. The molecule has 1 rings (SSSR count). The zero-order valence-electron chi connectivity index (χ0n) is 9.15. The summed E-state index contributed by atoms with van der Waals surface area (Å²) in [4.78, 5) is 13.6. The number of carbonyl (C=O) groups is 1. The SMILES string of the molecule is C=CCCCN(C)C(=O)c1ccccc1. The van der Waals surface area contributed by atoms with Gasteiger partial charge in [-0.15, -0.1) is 6.58 Å². The van der Waals surface area contributed by atoms with E-state index in [9.17, 15) is 4.79 Å². The number of amides is 1. The number of benzene rings is 1. The summed E-state index contributed by atoms with van der Waals surface area (Å²) in [5.74, 6) is 0.0830. The van der Waals surface area contributed by atoms with Crippen LogP contribution in [0.4, 0.5) is 0 Å². The lowest BCUT2D eigenvalue weighted by Gasteiger charge is -2.16. The number of nitrogens with zero attached hydrogens (tertiary/aromatic N) is 1. The van der Waals surface area contributed by atoms with E-state index < -0.39 is 0 Å². The van der Waals surface area contributed by atoms with Gasteiger partial charge in [-0.1, -0.05) is 24.3 Å². The van der Waals surface area contributed by atoms with Crippen LogP contribution in [0.15, 0.2) is 43.0 Å². The minimum absolute atomic E-state index is 0.0830. The molecular weight excluding hydrogens is 186 g/mol. The van der Waals surface area contributed by atoms with E-state index in [4.69, 9.17) is 0 Å². The van der Waals surface area contributed by atoms with E-state index in [2.05, 4.69) is 6.58 Å². The van der Waals surface area contributed by atoms with Crippen LogP contribution in [0.1, 0.15) is 23.2 Å². The number of unbranched alkanes of at least 4 members (excludes halogenated alkanes) is 1. The summed E-state index contributed by atoms with van der Waals surface area (Å²) in [6.07, 6.45) is 3.80. The maximum absolute atomic E-state index is 11.8. The van der Waals surface area contributed by atoms with Crippen molar-refractivity contribution in [2.24, 2.45) is 0 Å². The fraction of sp³-hybridized carbons (Fsp3) is 0.308. The number of rotatable bonds is 5. The highest BCUT2D eigenvalue weighted by Crippen LogP contribution is 2.04. The Morgan fingerprint density at radius 3 is 2.67 bits per heavy atom. The molecule has 15 heavy (non-hydrogen) atoms. The summed E-state index contributed by atoms with van der Waals surface area (Å²) < 4.78 is 0. The topological polar surface area (TPSA) is 20.3 Å². The van der Waals surface area contributed by atoms with Crippen molar-refractivity contribution in [3.05, 3.63) is 48.6 Å². The highest BCUT2D eigenvalue weighted by molar-refractivity contribution is 5.93.